The summed E-state index contributed by atoms with van der Waals surface area (Å²) in [5.41, 5.74) is 2.14. The lowest BCUT2D eigenvalue weighted by atomic mass is 9.96. The summed E-state index contributed by atoms with van der Waals surface area (Å²) in [6, 6.07) is 6.47. The minimum Gasteiger partial charge on any atom is -0.381 e. The van der Waals surface area contributed by atoms with Gasteiger partial charge in [-0.3, -0.25) is 0 Å². The van der Waals surface area contributed by atoms with Crippen LogP contribution in [0.15, 0.2) is 36.0 Å². The van der Waals surface area contributed by atoms with E-state index in [0.717, 1.165) is 31.7 Å². The lowest BCUT2D eigenvalue weighted by Crippen LogP contribution is -2.21. The van der Waals surface area contributed by atoms with Crippen molar-refractivity contribution in [3.63, 3.8) is 0 Å². The van der Waals surface area contributed by atoms with Crippen LogP contribution in [0.1, 0.15) is 19.8 Å². The van der Waals surface area contributed by atoms with Gasteiger partial charge in [0.1, 0.15) is 5.82 Å². The number of benzene rings is 1. The van der Waals surface area contributed by atoms with E-state index in [4.69, 9.17) is 4.74 Å². The molecule has 0 radical (unpaired) electrons. The highest BCUT2D eigenvalue weighted by molar-refractivity contribution is 5.48. The van der Waals surface area contributed by atoms with Gasteiger partial charge in [0.15, 0.2) is 0 Å². The van der Waals surface area contributed by atoms with E-state index in [1.54, 1.807) is 12.1 Å². The summed E-state index contributed by atoms with van der Waals surface area (Å²) in [5, 5.41) is 3.36. The predicted octanol–water partition coefficient (Wildman–Crippen LogP) is 3.57. The Kier molecular flexibility index (Phi) is 4.15. The zero-order valence-electron chi connectivity index (χ0n) is 10.1. The third-order valence-electron chi connectivity index (χ3n) is 3.11. The van der Waals surface area contributed by atoms with Crippen LogP contribution in [0.3, 0.4) is 0 Å². The first-order valence-electron chi connectivity index (χ1n) is 6.06. The van der Waals surface area contributed by atoms with E-state index in [-0.39, 0.29) is 5.82 Å². The van der Waals surface area contributed by atoms with Crippen LogP contribution < -0.4 is 5.32 Å². The van der Waals surface area contributed by atoms with E-state index in [2.05, 4.69) is 11.4 Å². The van der Waals surface area contributed by atoms with Crippen LogP contribution in [0.25, 0.3) is 0 Å². The van der Waals surface area contributed by atoms with E-state index < -0.39 is 0 Å². The fourth-order valence-corrected chi connectivity index (χ4v) is 2.12. The molecule has 0 aromatic heterocycles. The van der Waals surface area contributed by atoms with E-state index in [0.29, 0.717) is 5.92 Å². The molecule has 1 N–H and O–H groups in total. The number of ether oxygens (including phenoxy) is 1. The Hall–Kier alpha value is -1.35. The highest BCUT2D eigenvalue weighted by Crippen LogP contribution is 2.24. The van der Waals surface area contributed by atoms with Crippen LogP contribution in [-0.4, -0.2) is 13.2 Å². The maximum absolute atomic E-state index is 12.8. The first kappa shape index (κ1) is 12.1. The van der Waals surface area contributed by atoms with Crippen LogP contribution >= 0.6 is 0 Å². The van der Waals surface area contributed by atoms with Gasteiger partial charge in [0.2, 0.25) is 0 Å². The molecule has 1 aromatic rings. The second-order valence-electron chi connectivity index (χ2n) is 4.26. The number of allylic oxidation sites excluding steroid dienone is 2. The topological polar surface area (TPSA) is 21.3 Å². The molecule has 0 atom stereocenters. The summed E-state index contributed by atoms with van der Waals surface area (Å²) in [6.07, 6.45) is 4.20. The second kappa shape index (κ2) is 5.82. The smallest absolute Gasteiger partial charge is 0.123 e. The highest BCUT2D eigenvalue weighted by atomic mass is 19.1. The molecular formula is C14H18FNO. The maximum Gasteiger partial charge on any atom is 0.123 e. The Bertz CT molecular complexity index is 380. The third-order valence-corrected chi connectivity index (χ3v) is 3.11. The molecule has 0 spiro atoms. The van der Waals surface area contributed by atoms with Crippen molar-refractivity contribution in [2.75, 3.05) is 18.5 Å². The fraction of sp³-hybridized carbons (Fsp3) is 0.429. The van der Waals surface area contributed by atoms with E-state index in [1.807, 2.05) is 6.92 Å². The lowest BCUT2D eigenvalue weighted by Gasteiger charge is -2.25. The van der Waals surface area contributed by atoms with Crippen molar-refractivity contribution in [1.82, 2.24) is 0 Å². The molecule has 0 aliphatic carbocycles. The Balaban J connectivity index is 2.02. The number of hydrogen-bond donors (Lipinski definition) is 1. The van der Waals surface area contributed by atoms with Crippen molar-refractivity contribution in [2.24, 2.45) is 5.92 Å². The van der Waals surface area contributed by atoms with Gasteiger partial charge in [0.25, 0.3) is 0 Å². The minimum atomic E-state index is -0.205. The van der Waals surface area contributed by atoms with Gasteiger partial charge in [-0.25, -0.2) is 4.39 Å². The van der Waals surface area contributed by atoms with E-state index >= 15 is 0 Å². The van der Waals surface area contributed by atoms with E-state index in [1.165, 1.54) is 17.8 Å². The molecule has 1 aliphatic rings. The zero-order valence-corrected chi connectivity index (χ0v) is 10.1. The molecule has 2 nitrogen and oxygen atoms in total. The Morgan fingerprint density at radius 1 is 1.29 bits per heavy atom. The van der Waals surface area contributed by atoms with Gasteiger partial charge in [0, 0.05) is 30.5 Å². The molecule has 1 aliphatic heterocycles. The molecule has 1 fully saturated rings. The number of anilines is 1. The maximum atomic E-state index is 12.8. The average Bonchev–Trinajstić information content (AvgIpc) is 2.39. The SMILES string of the molecule is C/C=C(\Nc1ccc(F)cc1)C1CCOCC1. The molecule has 0 bridgehead atoms. The van der Waals surface area contributed by atoms with E-state index in [9.17, 15) is 4.39 Å². The number of halogens is 1. The summed E-state index contributed by atoms with van der Waals surface area (Å²) >= 11 is 0. The van der Waals surface area contributed by atoms with Crippen LogP contribution in [0, 0.1) is 11.7 Å². The van der Waals surface area contributed by atoms with Gasteiger partial charge >= 0.3 is 0 Å². The summed E-state index contributed by atoms with van der Waals surface area (Å²) < 4.78 is 18.2. The van der Waals surface area contributed by atoms with Crippen molar-refractivity contribution < 1.29 is 9.13 Å². The zero-order chi connectivity index (χ0) is 12.1. The molecule has 0 amide bonds. The van der Waals surface area contributed by atoms with Crippen molar-refractivity contribution in [3.8, 4) is 0 Å². The van der Waals surface area contributed by atoms with Crippen LogP contribution in [0.4, 0.5) is 10.1 Å². The van der Waals surface area contributed by atoms with Crippen LogP contribution in [0.5, 0.6) is 0 Å². The molecule has 92 valence electrons. The molecule has 1 saturated heterocycles. The molecule has 1 heterocycles. The van der Waals surface area contributed by atoms with Crippen molar-refractivity contribution >= 4 is 5.69 Å². The third kappa shape index (κ3) is 3.30. The molecule has 0 saturated carbocycles. The fourth-order valence-electron chi connectivity index (χ4n) is 2.12. The summed E-state index contributed by atoms with van der Waals surface area (Å²) in [5.74, 6) is 0.322. The summed E-state index contributed by atoms with van der Waals surface area (Å²) in [7, 11) is 0. The monoisotopic (exact) mass is 235 g/mol. The predicted molar refractivity (Wildman–Crippen MR) is 67.3 cm³/mol. The average molecular weight is 235 g/mol. The lowest BCUT2D eigenvalue weighted by molar-refractivity contribution is 0.0760. The van der Waals surface area contributed by atoms with Gasteiger partial charge in [-0.05, 0) is 44.0 Å². The summed E-state index contributed by atoms with van der Waals surface area (Å²) in [6.45, 7) is 3.68. The molecule has 0 unspecified atom stereocenters. The highest BCUT2D eigenvalue weighted by Gasteiger charge is 2.17. The second-order valence-corrected chi connectivity index (χ2v) is 4.26. The standard InChI is InChI=1S/C14H18FNO/c1-2-14(11-7-9-17-10-8-11)16-13-5-3-12(15)4-6-13/h2-6,11,16H,7-10H2,1H3/b14-2-. The van der Waals surface area contributed by atoms with Crippen molar-refractivity contribution in [1.29, 1.82) is 0 Å². The van der Waals surface area contributed by atoms with Gasteiger partial charge < -0.3 is 10.1 Å². The number of rotatable bonds is 3. The number of hydrogen-bond acceptors (Lipinski definition) is 2. The Morgan fingerprint density at radius 3 is 2.53 bits per heavy atom. The summed E-state index contributed by atoms with van der Waals surface area (Å²) in [4.78, 5) is 0. The minimum absolute atomic E-state index is 0.205. The van der Waals surface area contributed by atoms with Crippen LogP contribution in [-0.2, 0) is 4.74 Å². The molecule has 1 aromatic carbocycles. The van der Waals surface area contributed by atoms with Gasteiger partial charge in [-0.1, -0.05) is 6.08 Å². The molecule has 17 heavy (non-hydrogen) atoms. The van der Waals surface area contributed by atoms with Gasteiger partial charge in [0.05, 0.1) is 0 Å². The first-order chi connectivity index (χ1) is 8.29. The molecule has 2 rings (SSSR count). The number of nitrogens with one attached hydrogen (secondary N) is 1. The van der Waals surface area contributed by atoms with Crippen molar-refractivity contribution in [3.05, 3.63) is 41.9 Å². The Morgan fingerprint density at radius 2 is 1.94 bits per heavy atom. The molecular weight excluding hydrogens is 217 g/mol. The first-order valence-corrected chi connectivity index (χ1v) is 6.06. The van der Waals surface area contributed by atoms with Gasteiger partial charge in [-0.2, -0.15) is 0 Å². The normalized spacial score (nSPS) is 18.1. The van der Waals surface area contributed by atoms with Crippen LogP contribution in [0.2, 0.25) is 0 Å². The largest absolute Gasteiger partial charge is 0.381 e. The molecule has 3 heteroatoms. The Labute approximate surface area is 101 Å². The van der Waals surface area contributed by atoms with Crippen molar-refractivity contribution in [2.45, 2.75) is 19.8 Å². The van der Waals surface area contributed by atoms with Gasteiger partial charge in [-0.15, -0.1) is 0 Å². The quantitative estimate of drug-likeness (QED) is 0.864.